The predicted molar refractivity (Wildman–Crippen MR) is 96.3 cm³/mol. The van der Waals surface area contributed by atoms with E-state index in [9.17, 15) is 4.79 Å². The smallest absolute Gasteiger partial charge is 0.271 e. The van der Waals surface area contributed by atoms with Crippen LogP contribution in [0.1, 0.15) is 16.1 Å². The minimum atomic E-state index is -0.290. The van der Waals surface area contributed by atoms with E-state index in [1.54, 1.807) is 30.5 Å². The minimum Gasteiger partial charge on any atom is -0.448 e. The second kappa shape index (κ2) is 7.94. The number of benzene rings is 1. The van der Waals surface area contributed by atoms with Crippen LogP contribution in [-0.4, -0.2) is 17.1 Å². The third-order valence-electron chi connectivity index (χ3n) is 2.89. The fourth-order valence-electron chi connectivity index (χ4n) is 1.82. The maximum Gasteiger partial charge on any atom is 0.271 e. The Bertz CT molecular complexity index is 865. The molecule has 1 aromatic carbocycles. The lowest BCUT2D eigenvalue weighted by atomic mass is 10.2. The van der Waals surface area contributed by atoms with Crippen molar-refractivity contribution in [2.24, 2.45) is 5.10 Å². The molecule has 0 aliphatic heterocycles. The van der Waals surface area contributed by atoms with Crippen LogP contribution in [0.5, 0.6) is 0 Å². The molecule has 1 N–H and O–H groups in total. The molecule has 0 fully saturated rings. The van der Waals surface area contributed by atoms with Gasteiger partial charge in [-0.1, -0.05) is 28.1 Å². The van der Waals surface area contributed by atoms with Crippen LogP contribution in [0.25, 0.3) is 0 Å². The van der Waals surface area contributed by atoms with Gasteiger partial charge in [-0.15, -0.1) is 0 Å². The first-order valence-corrected chi connectivity index (χ1v) is 8.59. The van der Waals surface area contributed by atoms with Gasteiger partial charge < -0.3 is 4.42 Å². The lowest BCUT2D eigenvalue weighted by molar-refractivity contribution is 0.0955. The Morgan fingerprint density at radius 1 is 1.21 bits per heavy atom. The summed E-state index contributed by atoms with van der Waals surface area (Å²) in [7, 11) is 0. The highest BCUT2D eigenvalue weighted by atomic mass is 79.9. The van der Waals surface area contributed by atoms with Crippen LogP contribution in [-0.2, 0) is 0 Å². The van der Waals surface area contributed by atoms with Crippen LogP contribution in [0.4, 0.5) is 0 Å². The van der Waals surface area contributed by atoms with E-state index in [0.29, 0.717) is 16.4 Å². The Morgan fingerprint density at radius 3 is 2.92 bits per heavy atom. The van der Waals surface area contributed by atoms with Crippen molar-refractivity contribution in [3.05, 3.63) is 76.6 Å². The molecule has 0 radical (unpaired) electrons. The molecule has 0 atom stereocenters. The normalized spacial score (nSPS) is 10.9. The quantitative estimate of drug-likeness (QED) is 0.509. The van der Waals surface area contributed by atoms with E-state index in [1.165, 1.54) is 18.0 Å². The number of amides is 1. The molecule has 0 aliphatic rings. The number of rotatable bonds is 5. The predicted octanol–water partition coefficient (Wildman–Crippen LogP) is 4.35. The SMILES string of the molecule is O=C(N/N=C\c1ccc(Sc2ccccn2)o1)c1cccc(Br)c1. The summed E-state index contributed by atoms with van der Waals surface area (Å²) in [6.45, 7) is 0. The van der Waals surface area contributed by atoms with Crippen molar-refractivity contribution in [3.63, 3.8) is 0 Å². The average Bonchev–Trinajstić information content (AvgIpc) is 3.03. The number of nitrogens with one attached hydrogen (secondary N) is 1. The molecule has 0 spiro atoms. The number of hydrogen-bond donors (Lipinski definition) is 1. The van der Waals surface area contributed by atoms with E-state index in [0.717, 1.165) is 9.50 Å². The van der Waals surface area contributed by atoms with Crippen LogP contribution >= 0.6 is 27.7 Å². The van der Waals surface area contributed by atoms with Crippen molar-refractivity contribution in [3.8, 4) is 0 Å². The third-order valence-corrected chi connectivity index (χ3v) is 4.25. The highest BCUT2D eigenvalue weighted by Crippen LogP contribution is 2.26. The van der Waals surface area contributed by atoms with Gasteiger partial charge in [0.25, 0.3) is 5.91 Å². The van der Waals surface area contributed by atoms with Crippen LogP contribution in [0.2, 0.25) is 0 Å². The molecule has 0 aliphatic carbocycles. The number of aromatic nitrogens is 1. The molecule has 120 valence electrons. The summed E-state index contributed by atoms with van der Waals surface area (Å²) in [4.78, 5) is 16.2. The number of carbonyl (C=O) groups is 1. The van der Waals surface area contributed by atoms with Crippen molar-refractivity contribution in [2.45, 2.75) is 10.1 Å². The van der Waals surface area contributed by atoms with E-state index in [2.05, 4.69) is 31.4 Å². The van der Waals surface area contributed by atoms with Crippen LogP contribution < -0.4 is 5.43 Å². The van der Waals surface area contributed by atoms with Crippen molar-refractivity contribution in [1.29, 1.82) is 0 Å². The minimum absolute atomic E-state index is 0.290. The number of pyridine rings is 1. The van der Waals surface area contributed by atoms with E-state index < -0.39 is 0 Å². The number of hydrazone groups is 1. The number of halogens is 1. The summed E-state index contributed by atoms with van der Waals surface area (Å²) in [5.74, 6) is 0.255. The van der Waals surface area contributed by atoms with Gasteiger partial charge in [0.15, 0.2) is 5.09 Å². The van der Waals surface area contributed by atoms with Gasteiger partial charge in [-0.05, 0) is 54.2 Å². The number of furan rings is 1. The largest absolute Gasteiger partial charge is 0.448 e. The average molecular weight is 402 g/mol. The number of carbonyl (C=O) groups excluding carboxylic acids is 1. The molecular formula is C17H12BrN3O2S. The zero-order valence-corrected chi connectivity index (χ0v) is 14.8. The van der Waals surface area contributed by atoms with Gasteiger partial charge in [-0.2, -0.15) is 5.10 Å². The maximum atomic E-state index is 11.9. The van der Waals surface area contributed by atoms with Crippen molar-refractivity contribution < 1.29 is 9.21 Å². The van der Waals surface area contributed by atoms with Crippen molar-refractivity contribution in [1.82, 2.24) is 10.4 Å². The summed E-state index contributed by atoms with van der Waals surface area (Å²) in [6, 6.07) is 16.4. The summed E-state index contributed by atoms with van der Waals surface area (Å²) < 4.78 is 6.44. The van der Waals surface area contributed by atoms with Gasteiger partial charge in [0.05, 0.1) is 6.21 Å². The first kappa shape index (κ1) is 16.5. The zero-order valence-electron chi connectivity index (χ0n) is 12.3. The Morgan fingerprint density at radius 2 is 2.12 bits per heavy atom. The molecule has 2 heterocycles. The lowest BCUT2D eigenvalue weighted by Gasteiger charge is -1.99. The molecule has 0 unspecified atom stereocenters. The molecule has 0 saturated carbocycles. The highest BCUT2D eigenvalue weighted by molar-refractivity contribution is 9.10. The molecule has 3 aromatic rings. The summed E-state index contributed by atoms with van der Waals surface area (Å²) in [6.07, 6.45) is 3.18. The molecule has 0 saturated heterocycles. The number of nitrogens with zero attached hydrogens (tertiary/aromatic N) is 2. The molecule has 5 nitrogen and oxygen atoms in total. The monoisotopic (exact) mass is 401 g/mol. The second-order valence-corrected chi connectivity index (χ2v) is 6.58. The standard InChI is InChI=1S/C17H12BrN3O2S/c18-13-5-3-4-12(10-13)17(22)21-20-11-14-7-8-16(23-14)24-15-6-1-2-9-19-15/h1-11H,(H,21,22)/b20-11-. The Kier molecular flexibility index (Phi) is 5.45. The van der Waals surface area contributed by atoms with Crippen LogP contribution in [0.15, 0.2) is 84.9 Å². The Hall–Kier alpha value is -2.38. The van der Waals surface area contributed by atoms with E-state index >= 15 is 0 Å². The highest BCUT2D eigenvalue weighted by Gasteiger charge is 2.05. The van der Waals surface area contributed by atoms with Gasteiger partial charge in [0.2, 0.25) is 0 Å². The van der Waals surface area contributed by atoms with Gasteiger partial charge in [-0.3, -0.25) is 4.79 Å². The number of hydrogen-bond acceptors (Lipinski definition) is 5. The van der Waals surface area contributed by atoms with E-state index in [1.807, 2.05) is 30.3 Å². The molecule has 1 amide bonds. The summed E-state index contributed by atoms with van der Waals surface area (Å²) in [5, 5.41) is 5.46. The molecule has 7 heteroatoms. The maximum absolute atomic E-state index is 11.9. The first-order valence-electron chi connectivity index (χ1n) is 6.98. The van der Waals surface area contributed by atoms with Gasteiger partial charge in [-0.25, -0.2) is 10.4 Å². The van der Waals surface area contributed by atoms with Crippen molar-refractivity contribution in [2.75, 3.05) is 0 Å². The summed E-state index contributed by atoms with van der Waals surface area (Å²) in [5.41, 5.74) is 2.98. The second-order valence-electron chi connectivity index (χ2n) is 4.64. The van der Waals surface area contributed by atoms with Crippen molar-refractivity contribution >= 4 is 39.8 Å². The fraction of sp³-hybridized carbons (Fsp3) is 0. The zero-order chi connectivity index (χ0) is 16.8. The van der Waals surface area contributed by atoms with E-state index in [4.69, 9.17) is 4.42 Å². The molecule has 24 heavy (non-hydrogen) atoms. The lowest BCUT2D eigenvalue weighted by Crippen LogP contribution is -2.17. The fourth-order valence-corrected chi connectivity index (χ4v) is 2.96. The molecule has 3 rings (SSSR count). The van der Waals surface area contributed by atoms with Crippen LogP contribution in [0, 0.1) is 0 Å². The Balaban J connectivity index is 1.58. The molecular weight excluding hydrogens is 390 g/mol. The van der Waals surface area contributed by atoms with E-state index in [-0.39, 0.29) is 5.91 Å². The third kappa shape index (κ3) is 4.56. The Labute approximate surface area is 151 Å². The first-order chi connectivity index (χ1) is 11.7. The topological polar surface area (TPSA) is 67.5 Å². The van der Waals surface area contributed by atoms with Gasteiger partial charge in [0, 0.05) is 16.2 Å². The van der Waals surface area contributed by atoms with Crippen LogP contribution in [0.3, 0.4) is 0 Å². The van der Waals surface area contributed by atoms with Gasteiger partial charge in [0.1, 0.15) is 10.8 Å². The summed E-state index contributed by atoms with van der Waals surface area (Å²) >= 11 is 4.74. The van der Waals surface area contributed by atoms with Gasteiger partial charge >= 0.3 is 0 Å². The molecule has 2 aromatic heterocycles. The molecule has 0 bridgehead atoms.